The smallest absolute Gasteiger partial charge is 0.129 e. The van der Waals surface area contributed by atoms with E-state index in [9.17, 15) is 5.11 Å². The third-order valence-electron chi connectivity index (χ3n) is 3.68. The van der Waals surface area contributed by atoms with Crippen molar-refractivity contribution in [3.8, 4) is 0 Å². The first-order valence-corrected chi connectivity index (χ1v) is 6.48. The van der Waals surface area contributed by atoms with E-state index in [1.54, 1.807) is 13.1 Å². The van der Waals surface area contributed by atoms with Gasteiger partial charge in [0.1, 0.15) is 5.82 Å². The lowest BCUT2D eigenvalue weighted by Gasteiger charge is -2.37. The predicted molar refractivity (Wildman–Crippen MR) is 70.1 cm³/mol. The van der Waals surface area contributed by atoms with E-state index >= 15 is 0 Å². The summed E-state index contributed by atoms with van der Waals surface area (Å²) in [5.41, 5.74) is 0.945. The molecule has 3 nitrogen and oxygen atoms in total. The predicted octanol–water partition coefficient (Wildman–Crippen LogP) is 2.76. The van der Waals surface area contributed by atoms with Gasteiger partial charge in [-0.25, -0.2) is 4.98 Å². The van der Waals surface area contributed by atoms with Crippen LogP contribution >= 0.6 is 0 Å². The molecule has 0 bridgehead atoms. The molecule has 0 saturated carbocycles. The Morgan fingerprint density at radius 1 is 1.47 bits per heavy atom. The van der Waals surface area contributed by atoms with Crippen LogP contribution in [0, 0.1) is 5.92 Å². The highest BCUT2D eigenvalue weighted by molar-refractivity contribution is 5.43. The van der Waals surface area contributed by atoms with Crippen LogP contribution < -0.4 is 4.90 Å². The lowest BCUT2D eigenvalue weighted by Crippen LogP contribution is -2.40. The molecule has 94 valence electrons. The molecule has 2 heterocycles. The molecule has 0 aromatic carbocycles. The first kappa shape index (κ1) is 12.4. The summed E-state index contributed by atoms with van der Waals surface area (Å²) in [6, 6.07) is 4.43. The van der Waals surface area contributed by atoms with Gasteiger partial charge in [-0.1, -0.05) is 6.92 Å². The van der Waals surface area contributed by atoms with Crippen LogP contribution in [0.3, 0.4) is 0 Å². The fraction of sp³-hybridized carbons (Fsp3) is 0.643. The third-order valence-corrected chi connectivity index (χ3v) is 3.68. The molecule has 1 aliphatic heterocycles. The summed E-state index contributed by atoms with van der Waals surface area (Å²) in [5.74, 6) is 1.81. The summed E-state index contributed by atoms with van der Waals surface area (Å²) in [6.07, 6.45) is 3.82. The van der Waals surface area contributed by atoms with Gasteiger partial charge in [-0.05, 0) is 50.3 Å². The Bertz CT molecular complexity index is 378. The maximum atomic E-state index is 9.61. The van der Waals surface area contributed by atoms with Crippen molar-refractivity contribution in [3.63, 3.8) is 0 Å². The minimum atomic E-state index is -0.421. The molecule has 0 radical (unpaired) electrons. The lowest BCUT2D eigenvalue weighted by atomic mass is 9.93. The third kappa shape index (κ3) is 2.78. The summed E-state index contributed by atoms with van der Waals surface area (Å²) >= 11 is 0. The van der Waals surface area contributed by atoms with Crippen LogP contribution in [0.4, 0.5) is 5.82 Å². The fourth-order valence-corrected chi connectivity index (χ4v) is 2.60. The zero-order valence-corrected chi connectivity index (χ0v) is 10.9. The summed E-state index contributed by atoms with van der Waals surface area (Å²) in [4.78, 5) is 6.79. The standard InChI is InChI=1S/C14H22N2O/c1-10-5-7-16(11(2)8-10)14-9-13(12(3)17)4-6-15-14/h4,6,9-12,17H,5,7-8H2,1-3H3/t10?,11?,12-/m1/s1. The molecule has 0 aliphatic carbocycles. The zero-order valence-electron chi connectivity index (χ0n) is 10.9. The van der Waals surface area contributed by atoms with Gasteiger partial charge in [-0.15, -0.1) is 0 Å². The molecule has 2 rings (SSSR count). The topological polar surface area (TPSA) is 36.4 Å². The highest BCUT2D eigenvalue weighted by atomic mass is 16.3. The normalized spacial score (nSPS) is 26.9. The van der Waals surface area contributed by atoms with Crippen LogP contribution in [-0.4, -0.2) is 22.7 Å². The maximum Gasteiger partial charge on any atom is 0.129 e. The van der Waals surface area contributed by atoms with Gasteiger partial charge in [0.05, 0.1) is 6.10 Å². The molecule has 1 aromatic heterocycles. The molecule has 1 aromatic rings. The van der Waals surface area contributed by atoms with Crippen molar-refractivity contribution in [2.24, 2.45) is 5.92 Å². The molecule has 0 spiro atoms. The molecule has 2 unspecified atom stereocenters. The van der Waals surface area contributed by atoms with E-state index in [2.05, 4.69) is 23.7 Å². The molecule has 1 N–H and O–H groups in total. The van der Waals surface area contributed by atoms with Crippen LogP contribution in [0.1, 0.15) is 45.3 Å². The maximum absolute atomic E-state index is 9.61. The second-order valence-electron chi connectivity index (χ2n) is 5.30. The van der Waals surface area contributed by atoms with Crippen molar-refractivity contribution < 1.29 is 5.11 Å². The van der Waals surface area contributed by atoms with E-state index in [4.69, 9.17) is 0 Å². The van der Waals surface area contributed by atoms with Crippen LogP contribution in [0.15, 0.2) is 18.3 Å². The summed E-state index contributed by atoms with van der Waals surface area (Å²) in [5, 5.41) is 9.61. The minimum Gasteiger partial charge on any atom is -0.389 e. The van der Waals surface area contributed by atoms with Gasteiger partial charge in [0.15, 0.2) is 0 Å². The highest BCUT2D eigenvalue weighted by Crippen LogP contribution is 2.27. The summed E-state index contributed by atoms with van der Waals surface area (Å²) < 4.78 is 0. The van der Waals surface area contributed by atoms with Gasteiger partial charge >= 0.3 is 0 Å². The zero-order chi connectivity index (χ0) is 12.4. The number of anilines is 1. The molecule has 0 amide bonds. The van der Waals surface area contributed by atoms with E-state index in [1.165, 1.54) is 12.8 Å². The molecule has 1 aliphatic rings. The number of nitrogens with zero attached hydrogens (tertiary/aromatic N) is 2. The number of rotatable bonds is 2. The van der Waals surface area contributed by atoms with Crippen molar-refractivity contribution in [2.45, 2.75) is 45.8 Å². The lowest BCUT2D eigenvalue weighted by molar-refractivity contribution is 0.199. The van der Waals surface area contributed by atoms with Gasteiger partial charge in [-0.2, -0.15) is 0 Å². The first-order chi connectivity index (χ1) is 8.08. The van der Waals surface area contributed by atoms with Gasteiger partial charge in [0, 0.05) is 18.8 Å². The highest BCUT2D eigenvalue weighted by Gasteiger charge is 2.23. The monoisotopic (exact) mass is 234 g/mol. The second kappa shape index (κ2) is 5.05. The molecular weight excluding hydrogens is 212 g/mol. The van der Waals surface area contributed by atoms with Crippen LogP contribution in [0.5, 0.6) is 0 Å². The van der Waals surface area contributed by atoms with Crippen molar-refractivity contribution in [2.75, 3.05) is 11.4 Å². The Kier molecular flexibility index (Phi) is 3.67. The minimum absolute atomic E-state index is 0.421. The largest absolute Gasteiger partial charge is 0.389 e. The Morgan fingerprint density at radius 3 is 2.88 bits per heavy atom. The van der Waals surface area contributed by atoms with Gasteiger partial charge in [0.25, 0.3) is 0 Å². The molecule has 3 atom stereocenters. The van der Waals surface area contributed by atoms with E-state index in [-0.39, 0.29) is 0 Å². The van der Waals surface area contributed by atoms with E-state index in [0.29, 0.717) is 6.04 Å². The SMILES string of the molecule is CC1CCN(c2cc([C@@H](C)O)ccn2)C(C)C1. The Balaban J connectivity index is 2.19. The quantitative estimate of drug-likeness (QED) is 0.854. The van der Waals surface area contributed by atoms with Crippen molar-refractivity contribution in [1.82, 2.24) is 4.98 Å². The number of piperidine rings is 1. The summed E-state index contributed by atoms with van der Waals surface area (Å²) in [6.45, 7) is 7.43. The number of aliphatic hydroxyl groups excluding tert-OH is 1. The van der Waals surface area contributed by atoms with Crippen molar-refractivity contribution in [1.29, 1.82) is 0 Å². The van der Waals surface area contributed by atoms with Crippen molar-refractivity contribution >= 4 is 5.82 Å². The van der Waals surface area contributed by atoms with E-state index < -0.39 is 6.10 Å². The summed E-state index contributed by atoms with van der Waals surface area (Å²) in [7, 11) is 0. The van der Waals surface area contributed by atoms with Gasteiger partial charge in [0.2, 0.25) is 0 Å². The molecular formula is C14H22N2O. The number of hydrogen-bond acceptors (Lipinski definition) is 3. The van der Waals surface area contributed by atoms with Crippen molar-refractivity contribution in [3.05, 3.63) is 23.9 Å². The van der Waals surface area contributed by atoms with E-state index in [0.717, 1.165) is 23.8 Å². The Hall–Kier alpha value is -1.09. The fourth-order valence-electron chi connectivity index (χ4n) is 2.60. The number of aliphatic hydroxyl groups is 1. The van der Waals surface area contributed by atoms with Crippen LogP contribution in [0.25, 0.3) is 0 Å². The first-order valence-electron chi connectivity index (χ1n) is 6.48. The van der Waals surface area contributed by atoms with E-state index in [1.807, 2.05) is 12.1 Å². The van der Waals surface area contributed by atoms with Crippen LogP contribution in [-0.2, 0) is 0 Å². The average Bonchev–Trinajstić information content (AvgIpc) is 2.29. The molecule has 1 saturated heterocycles. The number of hydrogen-bond donors (Lipinski definition) is 1. The molecule has 3 heteroatoms. The molecule has 17 heavy (non-hydrogen) atoms. The van der Waals surface area contributed by atoms with Gasteiger partial charge < -0.3 is 10.0 Å². The number of pyridine rings is 1. The van der Waals surface area contributed by atoms with Gasteiger partial charge in [-0.3, -0.25) is 0 Å². The Morgan fingerprint density at radius 2 is 2.24 bits per heavy atom. The Labute approximate surface area is 103 Å². The van der Waals surface area contributed by atoms with Crippen LogP contribution in [0.2, 0.25) is 0 Å². The second-order valence-corrected chi connectivity index (χ2v) is 5.30. The number of aromatic nitrogens is 1. The average molecular weight is 234 g/mol. The molecule has 1 fully saturated rings.